The van der Waals surface area contributed by atoms with Crippen molar-refractivity contribution < 1.29 is 40.9 Å². The van der Waals surface area contributed by atoms with Crippen LogP contribution in [0, 0.1) is 0 Å². The molecule has 184 valence electrons. The number of hydrogen-bond donors (Lipinski definition) is 1. The minimum absolute atomic E-state index is 0.0348. The molecule has 0 bridgehead atoms. The number of benzene rings is 1. The van der Waals surface area contributed by atoms with Gasteiger partial charge in [-0.05, 0) is 47.7 Å². The van der Waals surface area contributed by atoms with Gasteiger partial charge in [-0.1, -0.05) is 11.6 Å². The molecule has 1 saturated heterocycles. The van der Waals surface area contributed by atoms with E-state index in [1.165, 1.54) is 6.08 Å². The highest BCUT2D eigenvalue weighted by Crippen LogP contribution is 2.50. The maximum Gasteiger partial charge on any atom is 0.430 e. The van der Waals surface area contributed by atoms with Crippen LogP contribution >= 0.6 is 0 Å². The number of allylic oxidation sites excluding steroid dienone is 1. The Morgan fingerprint density at radius 1 is 0.971 bits per heavy atom. The zero-order valence-corrected chi connectivity index (χ0v) is 18.1. The van der Waals surface area contributed by atoms with Gasteiger partial charge in [-0.2, -0.15) is 26.3 Å². The second-order valence-corrected chi connectivity index (χ2v) is 8.26. The molecule has 1 fully saturated rings. The maximum atomic E-state index is 13.2. The molecule has 2 aromatic rings. The second kappa shape index (κ2) is 8.77. The van der Waals surface area contributed by atoms with E-state index in [2.05, 4.69) is 9.88 Å². The summed E-state index contributed by atoms with van der Waals surface area (Å²) in [6.45, 7) is 2.60. The molecular formula is C23H22F6N2O3. The predicted octanol–water partition coefficient (Wildman–Crippen LogP) is 4.42. The van der Waals surface area contributed by atoms with Crippen molar-refractivity contribution in [2.75, 3.05) is 38.3 Å². The molecule has 11 heteroatoms. The SMILES string of the molecule is COc1cc2c(cc1N1CCOCC1)C/C(=C\c1cncc(C(O)(C(F)(F)F)C(F)(F)F)c1)C2. The third-order valence-corrected chi connectivity index (χ3v) is 6.06. The van der Waals surface area contributed by atoms with E-state index >= 15 is 0 Å². The van der Waals surface area contributed by atoms with E-state index < -0.39 is 23.5 Å². The summed E-state index contributed by atoms with van der Waals surface area (Å²) >= 11 is 0. The number of rotatable bonds is 4. The van der Waals surface area contributed by atoms with Crippen LogP contribution in [0.4, 0.5) is 32.0 Å². The minimum Gasteiger partial charge on any atom is -0.495 e. The van der Waals surface area contributed by atoms with Gasteiger partial charge in [-0.15, -0.1) is 0 Å². The Morgan fingerprint density at radius 3 is 2.18 bits per heavy atom. The van der Waals surface area contributed by atoms with E-state index in [0.29, 0.717) is 57.2 Å². The van der Waals surface area contributed by atoms with E-state index in [9.17, 15) is 31.4 Å². The van der Waals surface area contributed by atoms with Gasteiger partial charge in [-0.3, -0.25) is 4.98 Å². The smallest absolute Gasteiger partial charge is 0.430 e. The standard InChI is InChI=1S/C23H22F6N2O3/c1-33-20-11-17-8-14(7-16(17)10-19(20)31-2-4-34-5-3-31)6-15-9-18(13-30-12-15)21(32,22(24,25)26)23(27,28)29/h6,9-13,32H,2-5,7-8H2,1H3/b14-6+. The average molecular weight is 488 g/mol. The minimum atomic E-state index is -5.96. The van der Waals surface area contributed by atoms with Crippen molar-refractivity contribution in [2.24, 2.45) is 0 Å². The van der Waals surface area contributed by atoms with Crippen molar-refractivity contribution >= 4 is 11.8 Å². The van der Waals surface area contributed by atoms with Gasteiger partial charge in [-0.25, -0.2) is 0 Å². The van der Waals surface area contributed by atoms with E-state index in [-0.39, 0.29) is 5.56 Å². The van der Waals surface area contributed by atoms with Crippen molar-refractivity contribution in [2.45, 2.75) is 30.8 Å². The van der Waals surface area contributed by atoms with Crippen LogP contribution in [0.1, 0.15) is 22.3 Å². The second-order valence-electron chi connectivity index (χ2n) is 8.26. The van der Waals surface area contributed by atoms with Crippen molar-refractivity contribution in [3.63, 3.8) is 0 Å². The topological polar surface area (TPSA) is 54.8 Å². The fourth-order valence-corrected chi connectivity index (χ4v) is 4.31. The van der Waals surface area contributed by atoms with Crippen molar-refractivity contribution in [3.05, 3.63) is 58.4 Å². The highest BCUT2D eigenvalue weighted by molar-refractivity contribution is 5.66. The van der Waals surface area contributed by atoms with Gasteiger partial charge in [0.1, 0.15) is 5.75 Å². The number of methoxy groups -OCH3 is 1. The summed E-state index contributed by atoms with van der Waals surface area (Å²) in [6, 6.07) is 4.58. The molecule has 2 aliphatic rings. The van der Waals surface area contributed by atoms with Crippen molar-refractivity contribution in [3.8, 4) is 5.75 Å². The molecule has 1 aromatic heterocycles. The Balaban J connectivity index is 1.64. The monoisotopic (exact) mass is 488 g/mol. The van der Waals surface area contributed by atoms with E-state index in [1.807, 2.05) is 12.1 Å². The molecule has 1 aromatic carbocycles. The highest BCUT2D eigenvalue weighted by atomic mass is 19.4. The van der Waals surface area contributed by atoms with Gasteiger partial charge >= 0.3 is 12.4 Å². The Hall–Kier alpha value is -2.79. The highest BCUT2D eigenvalue weighted by Gasteiger charge is 2.71. The Morgan fingerprint density at radius 2 is 1.59 bits per heavy atom. The summed E-state index contributed by atoms with van der Waals surface area (Å²) in [6.07, 6.45) is -7.95. The normalized spacial score (nSPS) is 18.4. The van der Waals surface area contributed by atoms with Crippen molar-refractivity contribution in [1.29, 1.82) is 0 Å². The summed E-state index contributed by atoms with van der Waals surface area (Å²) in [5, 5.41) is 9.66. The molecule has 2 heterocycles. The van der Waals surface area contributed by atoms with Gasteiger partial charge in [0.15, 0.2) is 0 Å². The lowest BCUT2D eigenvalue weighted by atomic mass is 9.92. The number of aromatic nitrogens is 1. The Kier molecular flexibility index (Phi) is 6.28. The molecule has 0 atom stereocenters. The largest absolute Gasteiger partial charge is 0.495 e. The van der Waals surface area contributed by atoms with Crippen LogP contribution < -0.4 is 9.64 Å². The number of aliphatic hydroxyl groups is 1. The van der Waals surface area contributed by atoms with Crippen LogP contribution in [-0.2, 0) is 23.2 Å². The van der Waals surface area contributed by atoms with E-state index in [0.717, 1.165) is 28.6 Å². The molecule has 34 heavy (non-hydrogen) atoms. The molecule has 1 aliphatic heterocycles. The molecule has 5 nitrogen and oxygen atoms in total. The third-order valence-electron chi connectivity index (χ3n) is 6.06. The fourth-order valence-electron chi connectivity index (χ4n) is 4.31. The summed E-state index contributed by atoms with van der Waals surface area (Å²) in [5.41, 5.74) is -2.69. The number of anilines is 1. The summed E-state index contributed by atoms with van der Waals surface area (Å²) in [4.78, 5) is 5.67. The molecule has 0 saturated carbocycles. The molecule has 0 spiro atoms. The van der Waals surface area contributed by atoms with E-state index in [4.69, 9.17) is 9.47 Å². The lowest BCUT2D eigenvalue weighted by molar-refractivity contribution is -0.376. The predicted molar refractivity (Wildman–Crippen MR) is 112 cm³/mol. The third kappa shape index (κ3) is 4.34. The first-order valence-electron chi connectivity index (χ1n) is 10.5. The first kappa shape index (κ1) is 24.3. The molecular weight excluding hydrogens is 466 g/mol. The van der Waals surface area contributed by atoms with Crippen LogP contribution in [0.2, 0.25) is 0 Å². The van der Waals surface area contributed by atoms with Gasteiger partial charge < -0.3 is 19.5 Å². The molecule has 0 amide bonds. The first-order chi connectivity index (χ1) is 15.9. The Labute approximate surface area is 191 Å². The number of fused-ring (bicyclic) bond motifs is 1. The Bertz CT molecular complexity index is 1080. The van der Waals surface area contributed by atoms with Crippen LogP contribution in [0.25, 0.3) is 6.08 Å². The average Bonchev–Trinajstić information content (AvgIpc) is 3.17. The quantitative estimate of drug-likeness (QED) is 0.646. The number of alkyl halides is 6. The number of ether oxygens (including phenoxy) is 2. The summed E-state index contributed by atoms with van der Waals surface area (Å²) in [5.74, 6) is 0.686. The van der Waals surface area contributed by atoms with Crippen LogP contribution in [0.3, 0.4) is 0 Å². The molecule has 0 unspecified atom stereocenters. The number of pyridine rings is 1. The zero-order chi connectivity index (χ0) is 24.7. The lowest BCUT2D eigenvalue weighted by Crippen LogP contribution is -2.54. The summed E-state index contributed by atoms with van der Waals surface area (Å²) in [7, 11) is 1.57. The fraction of sp³-hybridized carbons (Fsp3) is 0.435. The van der Waals surface area contributed by atoms with Gasteiger partial charge in [0.25, 0.3) is 5.60 Å². The first-order valence-corrected chi connectivity index (χ1v) is 10.5. The van der Waals surface area contributed by atoms with Crippen LogP contribution in [0.5, 0.6) is 5.75 Å². The van der Waals surface area contributed by atoms with Crippen LogP contribution in [-0.4, -0.2) is 55.9 Å². The lowest BCUT2D eigenvalue weighted by Gasteiger charge is -2.32. The van der Waals surface area contributed by atoms with Gasteiger partial charge in [0.2, 0.25) is 0 Å². The molecule has 0 radical (unpaired) electrons. The molecule has 4 rings (SSSR count). The number of hydrogen-bond acceptors (Lipinski definition) is 5. The summed E-state index contributed by atoms with van der Waals surface area (Å²) < 4.78 is 90.3. The molecule has 1 N–H and O–H groups in total. The number of morpholine rings is 1. The van der Waals surface area contributed by atoms with E-state index in [1.54, 1.807) is 7.11 Å². The molecule has 1 aliphatic carbocycles. The van der Waals surface area contributed by atoms with Crippen molar-refractivity contribution in [1.82, 2.24) is 4.98 Å². The number of halogens is 6. The van der Waals surface area contributed by atoms with Crippen LogP contribution in [0.15, 0.2) is 36.2 Å². The van der Waals surface area contributed by atoms with Gasteiger partial charge in [0, 0.05) is 31.0 Å². The zero-order valence-electron chi connectivity index (χ0n) is 18.1. The van der Waals surface area contributed by atoms with Gasteiger partial charge in [0.05, 0.1) is 26.0 Å². The maximum absolute atomic E-state index is 13.2. The number of nitrogens with zero attached hydrogens (tertiary/aromatic N) is 2.